The monoisotopic (exact) mass is 267 g/mol. The molecule has 0 saturated carbocycles. The fraction of sp³-hybridized carbons (Fsp3) is 0.167. The molecule has 3 heterocycles. The Kier molecular flexibility index (Phi) is 2.38. The summed E-state index contributed by atoms with van der Waals surface area (Å²) in [6.07, 6.45) is -1.78. The van der Waals surface area contributed by atoms with E-state index in [4.69, 9.17) is 4.42 Å². The summed E-state index contributed by atoms with van der Waals surface area (Å²) in [6.45, 7) is 1.65. The lowest BCUT2D eigenvalue weighted by atomic mass is 10.2. The number of hydrogen-bond acceptors (Lipinski definition) is 3. The van der Waals surface area contributed by atoms with Gasteiger partial charge in [0.15, 0.2) is 17.1 Å². The van der Waals surface area contributed by atoms with Crippen LogP contribution in [0.25, 0.3) is 17.1 Å². The van der Waals surface area contributed by atoms with E-state index in [9.17, 15) is 13.2 Å². The molecule has 0 aliphatic rings. The molecule has 0 aliphatic heterocycles. The predicted octanol–water partition coefficient (Wildman–Crippen LogP) is 3.32. The first-order valence-corrected chi connectivity index (χ1v) is 5.43. The lowest BCUT2D eigenvalue weighted by Crippen LogP contribution is -2.13. The van der Waals surface area contributed by atoms with Crippen LogP contribution in [-0.2, 0) is 6.18 Å². The highest BCUT2D eigenvalue weighted by Crippen LogP contribution is 2.32. The summed E-state index contributed by atoms with van der Waals surface area (Å²) in [5.74, 6) is 0.286. The number of aryl methyl sites for hydroxylation is 1. The zero-order valence-corrected chi connectivity index (χ0v) is 9.77. The molecular formula is C12H8F3N3O. The Hall–Kier alpha value is -2.31. The minimum atomic E-state index is -4.51. The minimum absolute atomic E-state index is 0.133. The molecule has 0 atom stereocenters. The molecule has 3 aromatic heterocycles. The summed E-state index contributed by atoms with van der Waals surface area (Å²) >= 11 is 0. The lowest BCUT2D eigenvalue weighted by molar-refractivity contribution is -0.142. The van der Waals surface area contributed by atoms with Crippen LogP contribution in [0.1, 0.15) is 11.3 Å². The number of rotatable bonds is 1. The first kappa shape index (κ1) is 11.8. The third kappa shape index (κ3) is 1.87. The van der Waals surface area contributed by atoms with E-state index in [2.05, 4.69) is 10.1 Å². The van der Waals surface area contributed by atoms with Gasteiger partial charge in [-0.3, -0.25) is 0 Å². The fourth-order valence-corrected chi connectivity index (χ4v) is 1.83. The normalized spacial score (nSPS) is 12.2. The van der Waals surface area contributed by atoms with E-state index in [0.717, 1.165) is 10.6 Å². The summed E-state index contributed by atoms with van der Waals surface area (Å²) in [7, 11) is 0. The van der Waals surface area contributed by atoms with E-state index < -0.39 is 11.9 Å². The standard InChI is InChI=1S/C12H8F3N3O/c1-7-6-16-18-10(12(13,14)15)5-8(17-11(7)18)9-3-2-4-19-9/h2-6H,1H3. The van der Waals surface area contributed by atoms with E-state index in [1.807, 2.05) is 0 Å². The second-order valence-corrected chi connectivity index (χ2v) is 4.06. The Morgan fingerprint density at radius 3 is 2.74 bits per heavy atom. The van der Waals surface area contributed by atoms with Crippen molar-refractivity contribution in [3.05, 3.63) is 41.9 Å². The van der Waals surface area contributed by atoms with Crippen molar-refractivity contribution < 1.29 is 17.6 Å². The van der Waals surface area contributed by atoms with Gasteiger partial charge in [-0.1, -0.05) is 0 Å². The smallest absolute Gasteiger partial charge is 0.433 e. The summed E-state index contributed by atoms with van der Waals surface area (Å²) in [5.41, 5.74) is -0.00874. The molecule has 0 saturated heterocycles. The van der Waals surface area contributed by atoms with Gasteiger partial charge in [0.25, 0.3) is 0 Å². The fourth-order valence-electron chi connectivity index (χ4n) is 1.83. The van der Waals surface area contributed by atoms with Crippen LogP contribution in [0.3, 0.4) is 0 Å². The number of aromatic nitrogens is 3. The largest absolute Gasteiger partial charge is 0.463 e. The molecule has 0 aliphatic carbocycles. The maximum atomic E-state index is 13.0. The number of alkyl halides is 3. The second-order valence-electron chi connectivity index (χ2n) is 4.06. The molecule has 0 fully saturated rings. The molecule has 0 radical (unpaired) electrons. The van der Waals surface area contributed by atoms with Crippen molar-refractivity contribution >= 4 is 5.65 Å². The van der Waals surface area contributed by atoms with E-state index in [1.54, 1.807) is 19.1 Å². The Labute approximate surface area is 105 Å². The van der Waals surface area contributed by atoms with Crippen LogP contribution in [0.5, 0.6) is 0 Å². The van der Waals surface area contributed by atoms with Crippen LogP contribution in [-0.4, -0.2) is 14.6 Å². The van der Waals surface area contributed by atoms with Crippen molar-refractivity contribution in [2.75, 3.05) is 0 Å². The highest BCUT2D eigenvalue weighted by Gasteiger charge is 2.35. The van der Waals surface area contributed by atoms with Crippen molar-refractivity contribution in [3.8, 4) is 11.5 Å². The van der Waals surface area contributed by atoms with Gasteiger partial charge in [-0.05, 0) is 25.1 Å². The maximum Gasteiger partial charge on any atom is 0.433 e. The summed E-state index contributed by atoms with van der Waals surface area (Å²) in [6, 6.07) is 4.08. The Morgan fingerprint density at radius 2 is 2.11 bits per heavy atom. The molecule has 0 N–H and O–H groups in total. The van der Waals surface area contributed by atoms with Gasteiger partial charge in [0.1, 0.15) is 5.69 Å². The number of furan rings is 1. The SMILES string of the molecule is Cc1cnn2c(C(F)(F)F)cc(-c3ccco3)nc12. The molecule has 0 aromatic carbocycles. The molecule has 3 rings (SSSR count). The van der Waals surface area contributed by atoms with Crippen molar-refractivity contribution in [2.24, 2.45) is 0 Å². The zero-order valence-electron chi connectivity index (χ0n) is 9.77. The number of halogens is 3. The van der Waals surface area contributed by atoms with Gasteiger partial charge in [0.2, 0.25) is 0 Å². The van der Waals surface area contributed by atoms with Crippen LogP contribution in [0.2, 0.25) is 0 Å². The molecule has 0 bridgehead atoms. The van der Waals surface area contributed by atoms with Gasteiger partial charge in [-0.2, -0.15) is 18.3 Å². The average molecular weight is 267 g/mol. The minimum Gasteiger partial charge on any atom is -0.463 e. The first-order valence-electron chi connectivity index (χ1n) is 5.43. The van der Waals surface area contributed by atoms with Crippen LogP contribution in [0.15, 0.2) is 35.1 Å². The van der Waals surface area contributed by atoms with Gasteiger partial charge in [-0.15, -0.1) is 0 Å². The zero-order chi connectivity index (χ0) is 13.6. The number of hydrogen-bond donors (Lipinski definition) is 0. The lowest BCUT2D eigenvalue weighted by Gasteiger charge is -2.10. The first-order chi connectivity index (χ1) is 8.97. The second kappa shape index (κ2) is 3.84. The molecule has 0 unspecified atom stereocenters. The third-order valence-corrected chi connectivity index (χ3v) is 2.71. The van der Waals surface area contributed by atoms with Crippen molar-refractivity contribution in [1.29, 1.82) is 0 Å². The molecule has 19 heavy (non-hydrogen) atoms. The Bertz CT molecular complexity index is 729. The van der Waals surface area contributed by atoms with Crippen molar-refractivity contribution in [1.82, 2.24) is 14.6 Å². The molecule has 7 heteroatoms. The summed E-state index contributed by atoms with van der Waals surface area (Å²) < 4.78 is 45.0. The highest BCUT2D eigenvalue weighted by atomic mass is 19.4. The molecule has 4 nitrogen and oxygen atoms in total. The number of fused-ring (bicyclic) bond motifs is 1. The molecule has 3 aromatic rings. The van der Waals surface area contributed by atoms with E-state index in [0.29, 0.717) is 5.56 Å². The molecule has 98 valence electrons. The quantitative estimate of drug-likeness (QED) is 0.679. The molecular weight excluding hydrogens is 259 g/mol. The van der Waals surface area contributed by atoms with Gasteiger partial charge in [0, 0.05) is 5.56 Å². The summed E-state index contributed by atoms with van der Waals surface area (Å²) in [4.78, 5) is 4.16. The van der Waals surface area contributed by atoms with Crippen LogP contribution >= 0.6 is 0 Å². The van der Waals surface area contributed by atoms with Gasteiger partial charge < -0.3 is 4.42 Å². The average Bonchev–Trinajstić information content (AvgIpc) is 2.97. The van der Waals surface area contributed by atoms with Crippen LogP contribution in [0.4, 0.5) is 13.2 Å². The van der Waals surface area contributed by atoms with Gasteiger partial charge in [0.05, 0.1) is 12.5 Å². The van der Waals surface area contributed by atoms with E-state index >= 15 is 0 Å². The molecule has 0 amide bonds. The maximum absolute atomic E-state index is 13.0. The highest BCUT2D eigenvalue weighted by molar-refractivity contribution is 5.59. The van der Waals surface area contributed by atoms with Crippen molar-refractivity contribution in [3.63, 3.8) is 0 Å². The van der Waals surface area contributed by atoms with Crippen molar-refractivity contribution in [2.45, 2.75) is 13.1 Å². The van der Waals surface area contributed by atoms with Gasteiger partial charge >= 0.3 is 6.18 Å². The van der Waals surface area contributed by atoms with Crippen LogP contribution < -0.4 is 0 Å². The Morgan fingerprint density at radius 1 is 1.32 bits per heavy atom. The van der Waals surface area contributed by atoms with Crippen LogP contribution in [0, 0.1) is 6.92 Å². The van der Waals surface area contributed by atoms with E-state index in [-0.39, 0.29) is 17.1 Å². The number of nitrogens with zero attached hydrogens (tertiary/aromatic N) is 3. The summed E-state index contributed by atoms with van der Waals surface area (Å²) in [5, 5.41) is 3.71. The van der Waals surface area contributed by atoms with E-state index in [1.165, 1.54) is 12.5 Å². The molecule has 0 spiro atoms. The Balaban J connectivity index is 2.35. The van der Waals surface area contributed by atoms with Gasteiger partial charge in [-0.25, -0.2) is 9.50 Å². The topological polar surface area (TPSA) is 43.3 Å². The predicted molar refractivity (Wildman–Crippen MR) is 60.4 cm³/mol. The third-order valence-electron chi connectivity index (χ3n) is 2.71.